The zero-order chi connectivity index (χ0) is 18.8. The van der Waals surface area contributed by atoms with Crippen molar-refractivity contribution in [1.82, 2.24) is 14.4 Å². The highest BCUT2D eigenvalue weighted by molar-refractivity contribution is 7.89. The number of hydrogen-bond donors (Lipinski definition) is 0. The molecule has 1 aliphatic rings. The molecule has 2 aromatic rings. The van der Waals surface area contributed by atoms with E-state index in [-0.39, 0.29) is 19.0 Å². The molecule has 144 valence electrons. The molecular weight excluding hydrogens is 391 g/mol. The molecule has 0 amide bonds. The molecule has 1 unspecified atom stereocenters. The molecule has 0 radical (unpaired) electrons. The average molecular weight is 409 g/mol. The second-order valence-corrected chi connectivity index (χ2v) is 9.14. The Hall–Kier alpha value is -1.46. The van der Waals surface area contributed by atoms with Crippen molar-refractivity contribution >= 4 is 21.4 Å². The summed E-state index contributed by atoms with van der Waals surface area (Å²) in [4.78, 5) is 4.31. The highest BCUT2D eigenvalue weighted by Crippen LogP contribution is 2.26. The minimum absolute atomic E-state index is 0.0554. The Bertz CT molecular complexity index is 819. The molecule has 2 aromatic heterocycles. The molecule has 1 fully saturated rings. The zero-order valence-electron chi connectivity index (χ0n) is 13.8. The summed E-state index contributed by atoms with van der Waals surface area (Å²) in [6, 6.07) is 1.87. The Morgan fingerprint density at radius 1 is 1.38 bits per heavy atom. The fourth-order valence-electron chi connectivity index (χ4n) is 2.91. The summed E-state index contributed by atoms with van der Waals surface area (Å²) in [6.45, 7) is 0.428. The molecule has 0 spiro atoms. The summed E-state index contributed by atoms with van der Waals surface area (Å²) >= 11 is 1.51. The maximum absolute atomic E-state index is 12.3. The predicted octanol–water partition coefficient (Wildman–Crippen LogP) is 3.33. The van der Waals surface area contributed by atoms with Crippen LogP contribution >= 0.6 is 11.3 Å². The van der Waals surface area contributed by atoms with Crippen molar-refractivity contribution in [3.63, 3.8) is 0 Å². The minimum atomic E-state index is -4.48. The van der Waals surface area contributed by atoms with Crippen molar-refractivity contribution < 1.29 is 26.1 Å². The lowest BCUT2D eigenvalue weighted by molar-refractivity contribution is -0.130. The van der Waals surface area contributed by atoms with Crippen LogP contribution in [0.3, 0.4) is 0 Å². The normalized spacial score (nSPS) is 19.7. The first-order valence-electron chi connectivity index (χ1n) is 8.13. The van der Waals surface area contributed by atoms with Gasteiger partial charge >= 0.3 is 6.18 Å². The van der Waals surface area contributed by atoms with Crippen molar-refractivity contribution in [2.75, 3.05) is 18.8 Å². The Balaban J connectivity index is 1.60. The second-order valence-electron chi connectivity index (χ2n) is 6.28. The van der Waals surface area contributed by atoms with Gasteiger partial charge in [0.15, 0.2) is 0 Å². The van der Waals surface area contributed by atoms with Crippen LogP contribution in [0.4, 0.5) is 13.2 Å². The van der Waals surface area contributed by atoms with E-state index in [0.717, 1.165) is 16.3 Å². The number of halogens is 3. The highest BCUT2D eigenvalue weighted by Gasteiger charge is 2.34. The SMILES string of the molecule is O=S(=O)(CCC(F)(F)F)N1CCCC(Cc2nc(-c3ccsc3)no2)C1. The van der Waals surface area contributed by atoms with Gasteiger partial charge in [0.25, 0.3) is 0 Å². The standard InChI is InChI=1S/C15H18F3N3O3S2/c16-15(17,18)4-7-26(22,23)21-5-1-2-11(9-21)8-13-19-14(20-24-13)12-3-6-25-10-12/h3,6,10-11H,1-2,4-5,7-9H2. The van der Waals surface area contributed by atoms with E-state index in [1.54, 1.807) is 0 Å². The van der Waals surface area contributed by atoms with Crippen LogP contribution in [0.5, 0.6) is 0 Å². The first-order chi connectivity index (χ1) is 12.2. The second kappa shape index (κ2) is 7.65. The number of sulfonamides is 1. The molecule has 1 saturated heterocycles. The first kappa shape index (κ1) is 19.3. The molecule has 3 rings (SSSR count). The molecule has 0 saturated carbocycles. The minimum Gasteiger partial charge on any atom is -0.339 e. The first-order valence-corrected chi connectivity index (χ1v) is 10.7. The van der Waals surface area contributed by atoms with Gasteiger partial charge in [-0.3, -0.25) is 0 Å². The lowest BCUT2D eigenvalue weighted by atomic mass is 9.96. The van der Waals surface area contributed by atoms with Crippen LogP contribution in [0.1, 0.15) is 25.2 Å². The van der Waals surface area contributed by atoms with Crippen molar-refractivity contribution in [2.24, 2.45) is 5.92 Å². The van der Waals surface area contributed by atoms with Gasteiger partial charge in [-0.2, -0.15) is 29.5 Å². The fraction of sp³-hybridized carbons (Fsp3) is 0.600. The van der Waals surface area contributed by atoms with Crippen LogP contribution in [-0.2, 0) is 16.4 Å². The maximum Gasteiger partial charge on any atom is 0.390 e. The van der Waals surface area contributed by atoms with Crippen LogP contribution in [0.15, 0.2) is 21.3 Å². The molecule has 3 heterocycles. The highest BCUT2D eigenvalue weighted by atomic mass is 32.2. The monoisotopic (exact) mass is 409 g/mol. The number of hydrogen-bond acceptors (Lipinski definition) is 6. The summed E-state index contributed by atoms with van der Waals surface area (Å²) in [5.74, 6) is -0.0795. The molecule has 0 aliphatic carbocycles. The number of alkyl halides is 3. The van der Waals surface area contributed by atoms with E-state index in [2.05, 4.69) is 10.1 Å². The third-order valence-corrected chi connectivity index (χ3v) is 6.75. The van der Waals surface area contributed by atoms with Crippen LogP contribution < -0.4 is 0 Å². The average Bonchev–Trinajstić information content (AvgIpc) is 3.24. The molecule has 6 nitrogen and oxygen atoms in total. The Labute approximate surface area is 153 Å². The van der Waals surface area contributed by atoms with E-state index in [1.807, 2.05) is 16.8 Å². The Kier molecular flexibility index (Phi) is 5.68. The van der Waals surface area contributed by atoms with Crippen molar-refractivity contribution in [1.29, 1.82) is 0 Å². The van der Waals surface area contributed by atoms with Gasteiger partial charge in [0.1, 0.15) is 0 Å². The topological polar surface area (TPSA) is 76.3 Å². The molecule has 0 bridgehead atoms. The van der Waals surface area contributed by atoms with Crippen LogP contribution in [0.2, 0.25) is 0 Å². The summed E-state index contributed by atoms with van der Waals surface area (Å²) < 4.78 is 67.7. The van der Waals surface area contributed by atoms with Gasteiger partial charge in [-0.15, -0.1) is 0 Å². The van der Waals surface area contributed by atoms with Crippen LogP contribution in [-0.4, -0.2) is 47.9 Å². The molecule has 0 N–H and O–H groups in total. The summed E-state index contributed by atoms with van der Waals surface area (Å²) in [5, 5.41) is 7.70. The quantitative estimate of drug-likeness (QED) is 0.731. The summed E-state index contributed by atoms with van der Waals surface area (Å²) in [6.07, 6.45) is -4.04. The third kappa shape index (κ3) is 5.04. The number of nitrogens with zero attached hydrogens (tertiary/aromatic N) is 3. The smallest absolute Gasteiger partial charge is 0.339 e. The van der Waals surface area contributed by atoms with E-state index in [9.17, 15) is 21.6 Å². The van der Waals surface area contributed by atoms with Crippen LogP contribution in [0.25, 0.3) is 11.4 Å². The lowest BCUT2D eigenvalue weighted by Crippen LogP contribution is -2.42. The van der Waals surface area contributed by atoms with Gasteiger partial charge in [-0.25, -0.2) is 12.7 Å². The van der Waals surface area contributed by atoms with Gasteiger partial charge in [0, 0.05) is 30.5 Å². The third-order valence-electron chi connectivity index (χ3n) is 4.23. The maximum atomic E-state index is 12.3. The summed E-state index contributed by atoms with van der Waals surface area (Å²) in [5.41, 5.74) is 0.852. The van der Waals surface area contributed by atoms with E-state index in [0.29, 0.717) is 24.6 Å². The van der Waals surface area contributed by atoms with Gasteiger partial charge in [-0.1, -0.05) is 5.16 Å². The number of aromatic nitrogens is 2. The molecule has 11 heteroatoms. The molecule has 1 aliphatic heterocycles. The number of rotatable bonds is 6. The Morgan fingerprint density at radius 3 is 2.88 bits per heavy atom. The number of thiophene rings is 1. The van der Waals surface area contributed by atoms with Crippen molar-refractivity contribution in [3.05, 3.63) is 22.7 Å². The van der Waals surface area contributed by atoms with Gasteiger partial charge in [0.05, 0.1) is 12.2 Å². The molecular formula is C15H18F3N3O3S2. The molecule has 1 atom stereocenters. The van der Waals surface area contributed by atoms with E-state index in [1.165, 1.54) is 11.3 Å². The van der Waals surface area contributed by atoms with Gasteiger partial charge in [-0.05, 0) is 30.2 Å². The van der Waals surface area contributed by atoms with E-state index < -0.39 is 28.4 Å². The largest absolute Gasteiger partial charge is 0.390 e. The fourth-order valence-corrected chi connectivity index (χ4v) is 5.14. The molecule has 26 heavy (non-hydrogen) atoms. The van der Waals surface area contributed by atoms with E-state index in [4.69, 9.17) is 4.52 Å². The van der Waals surface area contributed by atoms with Crippen molar-refractivity contribution in [3.8, 4) is 11.4 Å². The summed E-state index contributed by atoms with van der Waals surface area (Å²) in [7, 11) is -3.92. The predicted molar refractivity (Wildman–Crippen MR) is 90.1 cm³/mol. The van der Waals surface area contributed by atoms with Gasteiger partial charge < -0.3 is 4.52 Å². The van der Waals surface area contributed by atoms with Crippen LogP contribution in [0, 0.1) is 5.92 Å². The zero-order valence-corrected chi connectivity index (χ0v) is 15.4. The molecule has 0 aromatic carbocycles. The van der Waals surface area contributed by atoms with E-state index >= 15 is 0 Å². The Morgan fingerprint density at radius 2 is 2.19 bits per heavy atom. The van der Waals surface area contributed by atoms with Crippen molar-refractivity contribution in [2.45, 2.75) is 31.9 Å². The van der Waals surface area contributed by atoms with Gasteiger partial charge in [0.2, 0.25) is 21.7 Å². The lowest BCUT2D eigenvalue weighted by Gasteiger charge is -2.31. The number of piperidine rings is 1.